The number of amides is 3. The third-order valence-electron chi connectivity index (χ3n) is 2.87. The lowest BCUT2D eigenvalue weighted by molar-refractivity contribution is 0.0350. The van der Waals surface area contributed by atoms with E-state index in [2.05, 4.69) is 5.32 Å². The molecule has 0 aliphatic carbocycles. The van der Waals surface area contributed by atoms with Crippen LogP contribution in [0.2, 0.25) is 0 Å². The van der Waals surface area contributed by atoms with E-state index in [1.165, 1.54) is 4.90 Å². The summed E-state index contributed by atoms with van der Waals surface area (Å²) in [7, 11) is 0. The number of primary amides is 1. The summed E-state index contributed by atoms with van der Waals surface area (Å²) in [5, 5.41) is 3.12. The number of carbonyl (C=O) groups excluding carboxylic acids is 2. The van der Waals surface area contributed by atoms with Crippen LogP contribution >= 0.6 is 0 Å². The van der Waals surface area contributed by atoms with Crippen molar-refractivity contribution >= 4 is 12.1 Å². The Balaban J connectivity index is 0.000000235. The summed E-state index contributed by atoms with van der Waals surface area (Å²) in [5.41, 5.74) is 4.60. The fourth-order valence-electron chi connectivity index (χ4n) is 1.81. The quantitative estimate of drug-likeness (QED) is 0.705. The Morgan fingerprint density at radius 1 is 1.18 bits per heavy atom. The second-order valence-corrected chi connectivity index (χ2v) is 5.98. The maximum absolute atomic E-state index is 11.4. The van der Waals surface area contributed by atoms with Gasteiger partial charge in [0.25, 0.3) is 0 Å². The first-order chi connectivity index (χ1) is 10.3. The molecule has 0 bridgehead atoms. The number of urea groups is 1. The van der Waals surface area contributed by atoms with Gasteiger partial charge >= 0.3 is 12.1 Å². The standard InChI is InChI=1S/C10H15NO2.C5H11N3O/c1-10(2,3)13-9(12)11-7-5-4-6-8-11;6-5(9)8-3-1-7-2-4-8/h4-7H,8H2,1-3H3;7H,1-4H2,(H2,6,9). The van der Waals surface area contributed by atoms with Gasteiger partial charge in [-0.2, -0.15) is 0 Å². The van der Waals surface area contributed by atoms with Crippen molar-refractivity contribution in [1.82, 2.24) is 15.1 Å². The minimum absolute atomic E-state index is 0.298. The molecule has 1 saturated heterocycles. The molecular formula is C15H26N4O3. The van der Waals surface area contributed by atoms with E-state index in [1.54, 1.807) is 11.1 Å². The minimum atomic E-state index is -0.425. The van der Waals surface area contributed by atoms with Crippen LogP contribution in [-0.2, 0) is 4.74 Å². The topological polar surface area (TPSA) is 87.9 Å². The molecule has 0 aromatic rings. The van der Waals surface area contributed by atoms with E-state index in [0.29, 0.717) is 6.54 Å². The smallest absolute Gasteiger partial charge is 0.414 e. The van der Waals surface area contributed by atoms with Crippen molar-refractivity contribution in [1.29, 1.82) is 0 Å². The number of carbonyl (C=O) groups is 2. The first-order valence-corrected chi connectivity index (χ1v) is 7.37. The molecule has 2 rings (SSSR count). The van der Waals surface area contributed by atoms with E-state index in [9.17, 15) is 9.59 Å². The summed E-state index contributed by atoms with van der Waals surface area (Å²) in [4.78, 5) is 25.1. The van der Waals surface area contributed by atoms with Crippen LogP contribution in [0.3, 0.4) is 0 Å². The minimum Gasteiger partial charge on any atom is -0.443 e. The number of nitrogens with zero attached hydrogens (tertiary/aromatic N) is 2. The molecule has 22 heavy (non-hydrogen) atoms. The fourth-order valence-corrected chi connectivity index (χ4v) is 1.81. The van der Waals surface area contributed by atoms with Crippen molar-refractivity contribution in [3.05, 3.63) is 24.4 Å². The SMILES string of the molecule is CC(C)(C)OC(=O)N1C=CC=CC1.NC(=O)N1CCNCC1. The number of piperazine rings is 1. The first kappa shape index (κ1) is 18.0. The summed E-state index contributed by atoms with van der Waals surface area (Å²) in [6, 6.07) is -0.309. The molecule has 3 amide bonds. The number of hydrogen-bond acceptors (Lipinski definition) is 4. The number of nitrogens with one attached hydrogen (secondary N) is 1. The Kier molecular flexibility index (Phi) is 6.91. The molecule has 7 heteroatoms. The van der Waals surface area contributed by atoms with Gasteiger partial charge < -0.3 is 20.7 Å². The van der Waals surface area contributed by atoms with Crippen molar-refractivity contribution < 1.29 is 14.3 Å². The zero-order valence-electron chi connectivity index (χ0n) is 13.5. The maximum Gasteiger partial charge on any atom is 0.414 e. The third kappa shape index (κ3) is 7.12. The van der Waals surface area contributed by atoms with Crippen LogP contribution < -0.4 is 11.1 Å². The van der Waals surface area contributed by atoms with Crippen molar-refractivity contribution in [2.45, 2.75) is 26.4 Å². The van der Waals surface area contributed by atoms with Gasteiger partial charge in [-0.05, 0) is 26.8 Å². The van der Waals surface area contributed by atoms with Gasteiger partial charge in [0, 0.05) is 38.9 Å². The molecule has 0 aromatic heterocycles. The van der Waals surface area contributed by atoms with Crippen LogP contribution in [-0.4, -0.2) is 60.2 Å². The van der Waals surface area contributed by atoms with Gasteiger partial charge in [0.05, 0.1) is 0 Å². The number of ether oxygens (including phenoxy) is 1. The Labute approximate surface area is 131 Å². The average Bonchev–Trinajstić information content (AvgIpc) is 2.48. The molecule has 0 unspecified atom stereocenters. The van der Waals surface area contributed by atoms with E-state index in [0.717, 1.165) is 26.2 Å². The van der Waals surface area contributed by atoms with Gasteiger partial charge in [0.1, 0.15) is 5.60 Å². The highest BCUT2D eigenvalue weighted by molar-refractivity contribution is 5.72. The number of rotatable bonds is 0. The highest BCUT2D eigenvalue weighted by Gasteiger charge is 2.20. The number of hydrogen-bond donors (Lipinski definition) is 2. The van der Waals surface area contributed by atoms with Crippen molar-refractivity contribution in [3.63, 3.8) is 0 Å². The molecule has 0 spiro atoms. The lowest BCUT2D eigenvalue weighted by Crippen LogP contribution is -2.48. The molecular weight excluding hydrogens is 284 g/mol. The molecule has 2 heterocycles. The molecule has 0 saturated carbocycles. The number of nitrogens with two attached hydrogens (primary N) is 1. The lowest BCUT2D eigenvalue weighted by atomic mass is 10.2. The van der Waals surface area contributed by atoms with Crippen molar-refractivity contribution in [2.75, 3.05) is 32.7 Å². The predicted octanol–water partition coefficient (Wildman–Crippen LogP) is 1.28. The maximum atomic E-state index is 11.4. The highest BCUT2D eigenvalue weighted by Crippen LogP contribution is 2.11. The average molecular weight is 310 g/mol. The second-order valence-electron chi connectivity index (χ2n) is 5.98. The molecule has 1 fully saturated rings. The summed E-state index contributed by atoms with van der Waals surface area (Å²) in [5.74, 6) is 0. The van der Waals surface area contributed by atoms with E-state index >= 15 is 0 Å². The Morgan fingerprint density at radius 3 is 2.23 bits per heavy atom. The second kappa shape index (κ2) is 8.43. The fraction of sp³-hybridized carbons (Fsp3) is 0.600. The van der Waals surface area contributed by atoms with E-state index in [1.807, 2.05) is 39.0 Å². The Hall–Kier alpha value is -2.02. The van der Waals surface area contributed by atoms with Crippen LogP contribution in [0, 0.1) is 0 Å². The largest absolute Gasteiger partial charge is 0.443 e. The van der Waals surface area contributed by atoms with Gasteiger partial charge in [0.15, 0.2) is 0 Å². The van der Waals surface area contributed by atoms with E-state index in [-0.39, 0.29) is 12.1 Å². The van der Waals surface area contributed by atoms with Crippen LogP contribution in [0.5, 0.6) is 0 Å². The van der Waals surface area contributed by atoms with Crippen molar-refractivity contribution in [3.8, 4) is 0 Å². The zero-order chi connectivity index (χ0) is 16.6. The third-order valence-corrected chi connectivity index (χ3v) is 2.87. The normalized spacial score (nSPS) is 17.6. The van der Waals surface area contributed by atoms with Crippen LogP contribution in [0.4, 0.5) is 9.59 Å². The number of allylic oxidation sites excluding steroid dienone is 2. The molecule has 2 aliphatic rings. The van der Waals surface area contributed by atoms with E-state index < -0.39 is 5.60 Å². The summed E-state index contributed by atoms with van der Waals surface area (Å²) in [6.07, 6.45) is 7.04. The summed E-state index contributed by atoms with van der Waals surface area (Å²) < 4.78 is 5.18. The highest BCUT2D eigenvalue weighted by atomic mass is 16.6. The van der Waals surface area contributed by atoms with Crippen LogP contribution in [0.15, 0.2) is 24.4 Å². The molecule has 0 aromatic carbocycles. The lowest BCUT2D eigenvalue weighted by Gasteiger charge is -2.25. The summed E-state index contributed by atoms with van der Waals surface area (Å²) >= 11 is 0. The van der Waals surface area contributed by atoms with Gasteiger partial charge in [-0.25, -0.2) is 9.59 Å². The van der Waals surface area contributed by atoms with Gasteiger partial charge in [-0.3, -0.25) is 4.90 Å². The van der Waals surface area contributed by atoms with Crippen LogP contribution in [0.25, 0.3) is 0 Å². The van der Waals surface area contributed by atoms with Gasteiger partial charge in [-0.1, -0.05) is 12.2 Å². The summed E-state index contributed by atoms with van der Waals surface area (Å²) in [6.45, 7) is 9.37. The zero-order valence-corrected chi connectivity index (χ0v) is 13.5. The van der Waals surface area contributed by atoms with Gasteiger partial charge in [0.2, 0.25) is 0 Å². The molecule has 124 valence electrons. The molecule has 0 radical (unpaired) electrons. The van der Waals surface area contributed by atoms with Crippen LogP contribution in [0.1, 0.15) is 20.8 Å². The van der Waals surface area contributed by atoms with E-state index in [4.69, 9.17) is 10.5 Å². The molecule has 7 nitrogen and oxygen atoms in total. The predicted molar refractivity (Wildman–Crippen MR) is 85.2 cm³/mol. The first-order valence-electron chi connectivity index (χ1n) is 7.37. The molecule has 3 N–H and O–H groups in total. The Morgan fingerprint density at radius 2 is 1.82 bits per heavy atom. The molecule has 2 aliphatic heterocycles. The van der Waals surface area contributed by atoms with Crippen molar-refractivity contribution in [2.24, 2.45) is 5.73 Å². The monoisotopic (exact) mass is 310 g/mol. The Bertz CT molecular complexity index is 435. The molecule has 0 atom stereocenters. The van der Waals surface area contributed by atoms with Gasteiger partial charge in [-0.15, -0.1) is 0 Å².